The lowest BCUT2D eigenvalue weighted by Crippen LogP contribution is -2.54. The molecule has 1 saturated heterocycles. The van der Waals surface area contributed by atoms with E-state index in [9.17, 15) is 22.5 Å². The Kier molecular flexibility index (Phi) is 5.89. The number of anilines is 1. The van der Waals surface area contributed by atoms with Gasteiger partial charge in [-0.05, 0) is 67.1 Å². The zero-order valence-electron chi connectivity index (χ0n) is 21.1. The van der Waals surface area contributed by atoms with Crippen molar-refractivity contribution in [3.8, 4) is 0 Å². The molecule has 1 amide bonds. The van der Waals surface area contributed by atoms with E-state index in [1.165, 1.54) is 11.0 Å². The minimum absolute atomic E-state index is 0.000675. The van der Waals surface area contributed by atoms with Gasteiger partial charge in [-0.25, -0.2) is 0 Å². The van der Waals surface area contributed by atoms with Crippen LogP contribution in [0.3, 0.4) is 0 Å². The van der Waals surface area contributed by atoms with Crippen molar-refractivity contribution in [3.63, 3.8) is 0 Å². The predicted octanol–water partition coefficient (Wildman–Crippen LogP) is 4.07. The van der Waals surface area contributed by atoms with Gasteiger partial charge in [0.05, 0.1) is 12.1 Å². The number of fused-ring (bicyclic) bond motifs is 1. The molecule has 1 saturated carbocycles. The van der Waals surface area contributed by atoms with Crippen molar-refractivity contribution < 1.29 is 22.5 Å². The Morgan fingerprint density at radius 1 is 1.18 bits per heavy atom. The van der Waals surface area contributed by atoms with E-state index >= 15 is 0 Å². The molecule has 1 N–H and O–H groups in total. The molecule has 0 radical (unpaired) electrons. The first kappa shape index (κ1) is 25.4. The topological polar surface area (TPSA) is 86.1 Å². The summed E-state index contributed by atoms with van der Waals surface area (Å²) in [5.41, 5.74) is 0.385. The van der Waals surface area contributed by atoms with Gasteiger partial charge in [-0.2, -0.15) is 13.2 Å². The van der Waals surface area contributed by atoms with E-state index in [1.54, 1.807) is 29.1 Å². The summed E-state index contributed by atoms with van der Waals surface area (Å²) in [5.74, 6) is 0.946. The van der Waals surface area contributed by atoms with Gasteiger partial charge in [-0.3, -0.25) is 4.79 Å². The summed E-state index contributed by atoms with van der Waals surface area (Å²) in [6, 6.07) is 9.96. The summed E-state index contributed by atoms with van der Waals surface area (Å²) in [5, 5.41) is 11.6. The van der Waals surface area contributed by atoms with Gasteiger partial charge in [-0.15, -0.1) is 10.2 Å². The summed E-state index contributed by atoms with van der Waals surface area (Å²) in [6.45, 7) is 2.17. The van der Waals surface area contributed by atoms with Crippen LogP contribution >= 0.6 is 0 Å². The van der Waals surface area contributed by atoms with E-state index in [-0.39, 0.29) is 29.8 Å². The number of amides is 1. The van der Waals surface area contributed by atoms with Gasteiger partial charge in [-0.1, -0.05) is 23.3 Å². The number of nitrogens with one attached hydrogen (secondary N) is 1. The number of carbonyl (C=O) groups excluding carboxylic acids is 1. The molecule has 6 rings (SSSR count). The van der Waals surface area contributed by atoms with Crippen LogP contribution in [0.25, 0.3) is 0 Å². The van der Waals surface area contributed by atoms with Crippen molar-refractivity contribution in [2.45, 2.75) is 56.4 Å². The monoisotopic (exact) mass is 543 g/mol. The van der Waals surface area contributed by atoms with Crippen molar-refractivity contribution >= 4 is 22.8 Å². The molecule has 3 aliphatic rings. The highest BCUT2D eigenvalue weighted by molar-refractivity contribution is 7.93. The summed E-state index contributed by atoms with van der Waals surface area (Å²) in [7, 11) is 1.82. The third-order valence-electron chi connectivity index (χ3n) is 8.25. The zero-order valence-corrected chi connectivity index (χ0v) is 22.0. The van der Waals surface area contributed by atoms with Gasteiger partial charge < -0.3 is 19.3 Å². The van der Waals surface area contributed by atoms with Crippen molar-refractivity contribution in [3.05, 3.63) is 76.4 Å². The summed E-state index contributed by atoms with van der Waals surface area (Å²) in [6.07, 6.45) is 0.0675. The number of hydrogen-bond donors (Lipinski definition) is 1. The second-order valence-corrected chi connectivity index (χ2v) is 12.4. The van der Waals surface area contributed by atoms with Crippen LogP contribution in [-0.2, 0) is 42.9 Å². The number of aromatic nitrogens is 3. The van der Waals surface area contributed by atoms with E-state index in [4.69, 9.17) is 0 Å². The number of halogens is 3. The largest absolute Gasteiger partial charge is 0.616 e. The number of carbonyl (C=O) groups is 1. The molecule has 0 atom stereocenters. The van der Waals surface area contributed by atoms with Crippen LogP contribution in [0.1, 0.15) is 64.6 Å². The van der Waals surface area contributed by atoms with Crippen LogP contribution in [0.5, 0.6) is 0 Å². The quantitative estimate of drug-likeness (QED) is 0.474. The predicted molar refractivity (Wildman–Crippen MR) is 137 cm³/mol. The number of nitrogens with zero attached hydrogens (tertiary/aromatic N) is 4. The Labute approximate surface area is 221 Å². The first-order chi connectivity index (χ1) is 18.0. The van der Waals surface area contributed by atoms with Crippen LogP contribution in [0.4, 0.5) is 18.9 Å². The van der Waals surface area contributed by atoms with Crippen LogP contribution < -0.4 is 10.2 Å². The van der Waals surface area contributed by atoms with E-state index < -0.39 is 34.2 Å². The molecule has 3 heterocycles. The summed E-state index contributed by atoms with van der Waals surface area (Å²) in [4.78, 5) is 14.9. The van der Waals surface area contributed by atoms with Crippen LogP contribution in [0, 0.1) is 0 Å². The zero-order chi connectivity index (χ0) is 26.9. The van der Waals surface area contributed by atoms with Gasteiger partial charge in [0.1, 0.15) is 23.2 Å². The number of benzene rings is 2. The molecule has 7 nitrogen and oxygen atoms in total. The standard InChI is InChI=1S/C27H28F3N5O2S/c1-25(7-4-8-25)31-12-17-9-20-21(22(10-17)27(28,29)30)13-35(23(20)36)19-6-3-5-18(11-19)26(14-38(37)15-26)24-33-32-16-34(24)2/h3,5-6,9-11,16,31H,4,7-8,12-15H2,1-2H3. The Hall–Kier alpha value is -2.89. The fourth-order valence-corrected chi connectivity index (χ4v) is 7.46. The summed E-state index contributed by atoms with van der Waals surface area (Å²) >= 11 is -1.02. The molecule has 2 fully saturated rings. The Bertz CT molecular complexity index is 1410. The maximum Gasteiger partial charge on any atom is 0.416 e. The fourth-order valence-electron chi connectivity index (χ4n) is 5.85. The number of rotatable bonds is 6. The van der Waals surface area contributed by atoms with Gasteiger partial charge in [0.25, 0.3) is 5.91 Å². The first-order valence-electron chi connectivity index (χ1n) is 12.6. The molecular weight excluding hydrogens is 515 g/mol. The molecule has 0 spiro atoms. The van der Waals surface area contributed by atoms with Crippen LogP contribution in [0.15, 0.2) is 42.7 Å². The van der Waals surface area contributed by atoms with E-state index in [0.29, 0.717) is 28.6 Å². The minimum atomic E-state index is -4.58. The molecular formula is C27H28F3N5O2S. The smallest absolute Gasteiger partial charge is 0.416 e. The number of aryl methyl sites for hydroxylation is 1. The van der Waals surface area contributed by atoms with Gasteiger partial charge in [0.2, 0.25) is 0 Å². The number of hydrogen-bond acceptors (Lipinski definition) is 5. The van der Waals surface area contributed by atoms with Crippen LogP contribution in [-0.4, -0.2) is 42.3 Å². The highest BCUT2D eigenvalue weighted by Gasteiger charge is 2.54. The summed E-state index contributed by atoms with van der Waals surface area (Å²) < 4.78 is 56.4. The lowest BCUT2D eigenvalue weighted by Gasteiger charge is -2.41. The number of alkyl halides is 3. The van der Waals surface area contributed by atoms with Crippen molar-refractivity contribution in [1.29, 1.82) is 0 Å². The third kappa shape index (κ3) is 4.11. The molecule has 38 heavy (non-hydrogen) atoms. The lowest BCUT2D eigenvalue weighted by molar-refractivity contribution is -0.138. The van der Waals surface area contributed by atoms with Crippen molar-refractivity contribution in [2.24, 2.45) is 7.05 Å². The second kappa shape index (κ2) is 8.82. The van der Waals surface area contributed by atoms with E-state index in [1.807, 2.05) is 19.2 Å². The molecule has 3 aromatic rings. The Balaban J connectivity index is 1.34. The lowest BCUT2D eigenvalue weighted by atomic mass is 9.78. The van der Waals surface area contributed by atoms with Gasteiger partial charge >= 0.3 is 6.18 Å². The van der Waals surface area contributed by atoms with Crippen molar-refractivity contribution in [2.75, 3.05) is 16.4 Å². The molecule has 200 valence electrons. The minimum Gasteiger partial charge on any atom is -0.616 e. The van der Waals surface area contributed by atoms with E-state index in [0.717, 1.165) is 24.8 Å². The van der Waals surface area contributed by atoms with E-state index in [2.05, 4.69) is 22.4 Å². The fraction of sp³-hybridized carbons (Fsp3) is 0.444. The highest BCUT2D eigenvalue weighted by atomic mass is 32.2. The molecule has 2 aliphatic heterocycles. The maximum absolute atomic E-state index is 14.1. The third-order valence-corrected chi connectivity index (χ3v) is 9.88. The molecule has 11 heteroatoms. The highest BCUT2D eigenvalue weighted by Crippen LogP contribution is 2.44. The molecule has 2 aromatic carbocycles. The average Bonchev–Trinajstić information content (AvgIpc) is 3.41. The second-order valence-electron chi connectivity index (χ2n) is 11.0. The Morgan fingerprint density at radius 2 is 1.95 bits per heavy atom. The maximum atomic E-state index is 14.1. The molecule has 1 aromatic heterocycles. The molecule has 1 aliphatic carbocycles. The molecule has 0 bridgehead atoms. The Morgan fingerprint density at radius 3 is 2.55 bits per heavy atom. The first-order valence-corrected chi connectivity index (χ1v) is 14.1. The SMILES string of the molecule is Cn1cnnc1C1(c2cccc(N3Cc4c(cc(CNC5(C)CCC5)cc4C(F)(F)F)C3=O)c2)C[S+]([O-])C1. The van der Waals surface area contributed by atoms with Crippen LogP contribution in [0.2, 0.25) is 0 Å². The van der Waals surface area contributed by atoms with Gasteiger partial charge in [0, 0.05) is 30.4 Å². The molecule has 0 unspecified atom stereocenters. The van der Waals surface area contributed by atoms with Crippen molar-refractivity contribution in [1.82, 2.24) is 20.1 Å². The average molecular weight is 544 g/mol. The van der Waals surface area contributed by atoms with Gasteiger partial charge in [0.15, 0.2) is 5.82 Å². The normalized spacial score (nSPS) is 24.2.